The van der Waals surface area contributed by atoms with Gasteiger partial charge in [0.2, 0.25) is 10.0 Å². The fourth-order valence-corrected chi connectivity index (χ4v) is 8.40. The lowest BCUT2D eigenvalue weighted by Gasteiger charge is -2.44. The minimum absolute atomic E-state index is 0.135. The summed E-state index contributed by atoms with van der Waals surface area (Å²) >= 11 is 0. The van der Waals surface area contributed by atoms with Crippen LogP contribution in [-0.4, -0.2) is 90.6 Å². The normalized spacial score (nSPS) is 20.6. The van der Waals surface area contributed by atoms with Crippen LogP contribution >= 0.6 is 0 Å². The highest BCUT2D eigenvalue weighted by atomic mass is 32.2. The zero-order chi connectivity index (χ0) is 33.7. The Morgan fingerprint density at radius 3 is 2.62 bits per heavy atom. The number of H-pyrrole nitrogens is 1. The molecule has 4 atom stereocenters. The molecule has 0 aliphatic carbocycles. The van der Waals surface area contributed by atoms with Crippen molar-refractivity contribution in [3.63, 3.8) is 0 Å². The summed E-state index contributed by atoms with van der Waals surface area (Å²) < 4.78 is 48.2. The van der Waals surface area contributed by atoms with Crippen LogP contribution < -0.4 is 9.64 Å². The number of phenolic OH excluding ortho intramolecular Hbond substituents is 1. The molecule has 0 amide bonds. The van der Waals surface area contributed by atoms with Gasteiger partial charge in [-0.2, -0.15) is 9.52 Å². The number of aromatic hydroxyl groups is 1. The number of benzene rings is 3. The summed E-state index contributed by atoms with van der Waals surface area (Å²) in [5.74, 6) is 1.27. The van der Waals surface area contributed by atoms with Crippen molar-refractivity contribution in [2.45, 2.75) is 68.6 Å². The lowest BCUT2D eigenvalue weighted by Crippen LogP contribution is -2.52. The van der Waals surface area contributed by atoms with E-state index in [4.69, 9.17) is 14.2 Å². The molecule has 48 heavy (non-hydrogen) atoms. The second kappa shape index (κ2) is 15.0. The number of aryl methyl sites for hydroxylation is 1. The van der Waals surface area contributed by atoms with Gasteiger partial charge in [-0.1, -0.05) is 48.0 Å². The molecule has 256 valence electrons. The van der Waals surface area contributed by atoms with Crippen LogP contribution in [0.15, 0.2) is 71.6 Å². The number of nitrogens with one attached hydrogen (secondary N) is 1. The number of nitrogens with zero attached hydrogens (tertiary/aromatic N) is 5. The molecule has 6 rings (SSSR count). The number of piperidine rings is 1. The van der Waals surface area contributed by atoms with Crippen molar-refractivity contribution in [1.82, 2.24) is 24.9 Å². The molecule has 2 aliphatic heterocycles. The Hall–Kier alpha value is -4.04. The molecule has 0 bridgehead atoms. The van der Waals surface area contributed by atoms with Gasteiger partial charge in [0.1, 0.15) is 18.1 Å². The number of anilines is 1. The van der Waals surface area contributed by atoms with E-state index in [0.29, 0.717) is 38.5 Å². The standard InChI is InChI=1S/C35H44N6O6S/c1-24-5-12-30(13-6-24)48(43,44)41-22-34(47-23-26-7-14-33-32(20-26)40(16-18-46-33)15-4-17-45-3)31(27-8-10-29(42)11-9-27)21-28(41)19-25(2)35-36-38-39-37-35/h5-14,20,25,28,31,34,42H,4,15-19,21-23H2,1-3H3,(H,36,37,38,39)/t25?,28-,31?,34-/m0/s1. The molecule has 13 heteroatoms. The van der Waals surface area contributed by atoms with E-state index in [2.05, 4.69) is 31.6 Å². The zero-order valence-electron chi connectivity index (χ0n) is 27.7. The fourth-order valence-electron chi connectivity index (χ4n) is 6.75. The van der Waals surface area contributed by atoms with Crippen LogP contribution in [0.25, 0.3) is 0 Å². The number of tetrazole rings is 1. The summed E-state index contributed by atoms with van der Waals surface area (Å²) in [6.45, 7) is 7.33. The number of rotatable bonds is 13. The fraction of sp³-hybridized carbons (Fsp3) is 0.457. The highest BCUT2D eigenvalue weighted by Gasteiger charge is 2.43. The first-order valence-corrected chi connectivity index (χ1v) is 17.9. The maximum atomic E-state index is 14.3. The van der Waals surface area contributed by atoms with Crippen LogP contribution in [0.5, 0.6) is 11.5 Å². The third kappa shape index (κ3) is 7.64. The number of hydrogen-bond donors (Lipinski definition) is 2. The molecule has 3 aromatic carbocycles. The van der Waals surface area contributed by atoms with Gasteiger partial charge >= 0.3 is 0 Å². The number of methoxy groups -OCH3 is 1. The van der Waals surface area contributed by atoms with E-state index in [0.717, 1.165) is 47.6 Å². The summed E-state index contributed by atoms with van der Waals surface area (Å²) in [6.07, 6.45) is 1.45. The molecular weight excluding hydrogens is 632 g/mol. The Balaban J connectivity index is 1.30. The van der Waals surface area contributed by atoms with Gasteiger partial charge in [-0.15, -0.1) is 10.2 Å². The van der Waals surface area contributed by atoms with E-state index in [1.54, 1.807) is 35.7 Å². The lowest BCUT2D eigenvalue weighted by atomic mass is 9.81. The number of hydrogen-bond acceptors (Lipinski definition) is 10. The van der Waals surface area contributed by atoms with E-state index in [1.165, 1.54) is 0 Å². The Labute approximate surface area is 282 Å². The van der Waals surface area contributed by atoms with Crippen molar-refractivity contribution in [2.75, 3.05) is 44.9 Å². The summed E-state index contributed by atoms with van der Waals surface area (Å²) in [6, 6.07) is 19.8. The molecule has 2 unspecified atom stereocenters. The van der Waals surface area contributed by atoms with Crippen LogP contribution in [0.4, 0.5) is 5.69 Å². The zero-order valence-corrected chi connectivity index (χ0v) is 28.5. The van der Waals surface area contributed by atoms with Crippen molar-refractivity contribution in [1.29, 1.82) is 0 Å². The van der Waals surface area contributed by atoms with Crippen LogP contribution in [0.3, 0.4) is 0 Å². The Kier molecular flexibility index (Phi) is 10.6. The van der Waals surface area contributed by atoms with Crippen LogP contribution in [0.2, 0.25) is 0 Å². The topological polar surface area (TPSA) is 143 Å². The first-order valence-electron chi connectivity index (χ1n) is 16.4. The number of fused-ring (bicyclic) bond motifs is 1. The number of phenols is 1. The SMILES string of the molecule is COCCCN1CCOc2ccc(CO[C@H]3CN(S(=O)(=O)c4ccc(C)cc4)[C@@H](CC(C)c4nn[nH]n4)CC3c3ccc(O)cc3)cc21. The molecule has 3 heterocycles. The molecule has 2 aliphatic rings. The quantitative estimate of drug-likeness (QED) is 0.190. The highest BCUT2D eigenvalue weighted by molar-refractivity contribution is 7.89. The number of ether oxygens (including phenoxy) is 3. The van der Waals surface area contributed by atoms with Crippen molar-refractivity contribution >= 4 is 15.7 Å². The first-order chi connectivity index (χ1) is 23.2. The minimum atomic E-state index is -3.89. The predicted molar refractivity (Wildman–Crippen MR) is 181 cm³/mol. The Morgan fingerprint density at radius 1 is 1.10 bits per heavy atom. The molecule has 0 saturated carbocycles. The lowest BCUT2D eigenvalue weighted by molar-refractivity contribution is -0.0215. The van der Waals surface area contributed by atoms with Gasteiger partial charge in [-0.3, -0.25) is 0 Å². The number of aromatic amines is 1. The molecule has 1 saturated heterocycles. The van der Waals surface area contributed by atoms with Crippen LogP contribution in [0, 0.1) is 6.92 Å². The molecule has 12 nitrogen and oxygen atoms in total. The summed E-state index contributed by atoms with van der Waals surface area (Å²) in [4.78, 5) is 2.56. The molecule has 4 aromatic rings. The second-order valence-electron chi connectivity index (χ2n) is 12.7. The van der Waals surface area contributed by atoms with E-state index in [9.17, 15) is 13.5 Å². The molecule has 2 N–H and O–H groups in total. The van der Waals surface area contributed by atoms with Gasteiger partial charge in [0, 0.05) is 44.7 Å². The van der Waals surface area contributed by atoms with E-state index < -0.39 is 16.1 Å². The van der Waals surface area contributed by atoms with Crippen molar-refractivity contribution in [2.24, 2.45) is 0 Å². The predicted octanol–water partition coefficient (Wildman–Crippen LogP) is 4.78. The van der Waals surface area contributed by atoms with E-state index in [1.807, 2.05) is 50.2 Å². The summed E-state index contributed by atoms with van der Waals surface area (Å²) in [5.41, 5.74) is 3.96. The second-order valence-corrected chi connectivity index (χ2v) is 14.6. The first kappa shape index (κ1) is 33.8. The highest BCUT2D eigenvalue weighted by Crippen LogP contribution is 2.41. The summed E-state index contributed by atoms with van der Waals surface area (Å²) in [5, 5.41) is 24.6. The van der Waals surface area contributed by atoms with Gasteiger partial charge in [0.05, 0.1) is 29.8 Å². The van der Waals surface area contributed by atoms with Crippen LogP contribution in [-0.2, 0) is 26.1 Å². The van der Waals surface area contributed by atoms with Gasteiger partial charge in [-0.25, -0.2) is 8.42 Å². The smallest absolute Gasteiger partial charge is 0.243 e. The molecule has 0 spiro atoms. The minimum Gasteiger partial charge on any atom is -0.508 e. The van der Waals surface area contributed by atoms with Gasteiger partial charge in [0.15, 0.2) is 5.82 Å². The van der Waals surface area contributed by atoms with Crippen molar-refractivity contribution in [3.8, 4) is 11.5 Å². The molecule has 0 radical (unpaired) electrons. The molecule has 1 fully saturated rings. The number of aromatic nitrogens is 4. The van der Waals surface area contributed by atoms with Crippen molar-refractivity contribution in [3.05, 3.63) is 89.2 Å². The third-order valence-electron chi connectivity index (χ3n) is 9.34. The average molecular weight is 677 g/mol. The summed E-state index contributed by atoms with van der Waals surface area (Å²) in [7, 11) is -2.17. The molecule has 1 aromatic heterocycles. The van der Waals surface area contributed by atoms with Crippen LogP contribution in [0.1, 0.15) is 60.5 Å². The van der Waals surface area contributed by atoms with Gasteiger partial charge < -0.3 is 24.2 Å². The van der Waals surface area contributed by atoms with Crippen molar-refractivity contribution < 1.29 is 27.7 Å². The monoisotopic (exact) mass is 676 g/mol. The Morgan fingerprint density at radius 2 is 1.90 bits per heavy atom. The maximum absolute atomic E-state index is 14.3. The average Bonchev–Trinajstić information content (AvgIpc) is 3.64. The molecular formula is C35H44N6O6S. The van der Waals surface area contributed by atoms with Gasteiger partial charge in [-0.05, 0) is 73.7 Å². The largest absolute Gasteiger partial charge is 0.508 e. The third-order valence-corrected chi connectivity index (χ3v) is 11.3. The maximum Gasteiger partial charge on any atom is 0.243 e. The van der Waals surface area contributed by atoms with E-state index >= 15 is 0 Å². The van der Waals surface area contributed by atoms with Gasteiger partial charge in [0.25, 0.3) is 0 Å². The Bertz CT molecular complexity index is 1740. The number of sulfonamides is 1. The van der Waals surface area contributed by atoms with E-state index in [-0.39, 0.29) is 35.1 Å².